The molecule has 2 aromatic rings. The van der Waals surface area contributed by atoms with E-state index in [1.54, 1.807) is 0 Å². The first-order chi connectivity index (χ1) is 14.3. The summed E-state index contributed by atoms with van der Waals surface area (Å²) in [6.07, 6.45) is 8.67. The number of likely N-dealkylation sites (tertiary alicyclic amines) is 1. The van der Waals surface area contributed by atoms with E-state index in [1.165, 1.54) is 58.2 Å². The van der Waals surface area contributed by atoms with Gasteiger partial charge in [-0.1, -0.05) is 44.4 Å². The Balaban J connectivity index is 1.32. The van der Waals surface area contributed by atoms with E-state index in [-0.39, 0.29) is 5.91 Å². The Morgan fingerprint density at radius 1 is 1.14 bits per heavy atom. The molecule has 2 aliphatic heterocycles. The number of unbranched alkanes of at least 4 members (excludes halogenated alkanes) is 3. The fourth-order valence-electron chi connectivity index (χ4n) is 4.76. The number of para-hydroxylation sites is 1. The predicted molar refractivity (Wildman–Crippen MR) is 118 cm³/mol. The van der Waals surface area contributed by atoms with Crippen molar-refractivity contribution in [3.05, 3.63) is 29.8 Å². The summed E-state index contributed by atoms with van der Waals surface area (Å²) < 4.78 is 8.07. The monoisotopic (exact) mass is 397 g/mol. The van der Waals surface area contributed by atoms with Gasteiger partial charge in [0.15, 0.2) is 0 Å². The minimum Gasteiger partial charge on any atom is -0.478 e. The molecule has 1 N–H and O–H groups in total. The van der Waals surface area contributed by atoms with E-state index in [4.69, 9.17) is 4.74 Å². The van der Waals surface area contributed by atoms with Crippen LogP contribution in [0.4, 0.5) is 0 Å². The second-order valence-electron chi connectivity index (χ2n) is 8.61. The van der Waals surface area contributed by atoms with Gasteiger partial charge < -0.3 is 19.5 Å². The van der Waals surface area contributed by atoms with E-state index < -0.39 is 0 Å². The Hall–Kier alpha value is -2.01. The summed E-state index contributed by atoms with van der Waals surface area (Å²) in [5.41, 5.74) is 1.82. The molecule has 3 heterocycles. The summed E-state index contributed by atoms with van der Waals surface area (Å²) in [5, 5.41) is 4.22. The first-order valence-corrected chi connectivity index (χ1v) is 11.5. The highest BCUT2D eigenvalue weighted by molar-refractivity contribution is 6.09. The molecule has 158 valence electrons. The largest absolute Gasteiger partial charge is 0.478 e. The van der Waals surface area contributed by atoms with Gasteiger partial charge >= 0.3 is 0 Å². The van der Waals surface area contributed by atoms with Crippen LogP contribution in [0.1, 0.15) is 62.2 Å². The number of aromatic nitrogens is 1. The highest BCUT2D eigenvalue weighted by atomic mass is 16.5. The molecule has 0 bridgehead atoms. The van der Waals surface area contributed by atoms with E-state index in [2.05, 4.69) is 27.8 Å². The lowest BCUT2D eigenvalue weighted by Crippen LogP contribution is -2.39. The van der Waals surface area contributed by atoms with Crippen LogP contribution in [0.25, 0.3) is 10.9 Å². The lowest BCUT2D eigenvalue weighted by atomic mass is 9.96. The molecule has 1 fully saturated rings. The van der Waals surface area contributed by atoms with Gasteiger partial charge in [0.2, 0.25) is 5.88 Å². The predicted octanol–water partition coefficient (Wildman–Crippen LogP) is 4.45. The molecule has 1 aromatic heterocycles. The number of aryl methyl sites for hydroxylation is 1. The molecule has 0 saturated carbocycles. The van der Waals surface area contributed by atoms with Crippen molar-refractivity contribution < 1.29 is 9.53 Å². The molecule has 1 amide bonds. The number of hydrogen-bond acceptors (Lipinski definition) is 3. The minimum atomic E-state index is 0.0128. The van der Waals surface area contributed by atoms with Crippen molar-refractivity contribution in [3.8, 4) is 5.88 Å². The van der Waals surface area contributed by atoms with Gasteiger partial charge in [0.05, 0.1) is 12.1 Å². The van der Waals surface area contributed by atoms with Crippen molar-refractivity contribution in [2.45, 2.75) is 58.4 Å². The van der Waals surface area contributed by atoms with Gasteiger partial charge in [-0.2, -0.15) is 0 Å². The van der Waals surface area contributed by atoms with Crippen LogP contribution in [0.3, 0.4) is 0 Å². The van der Waals surface area contributed by atoms with Crippen LogP contribution in [0.5, 0.6) is 5.88 Å². The van der Waals surface area contributed by atoms with Crippen LogP contribution in [-0.2, 0) is 6.54 Å². The van der Waals surface area contributed by atoms with E-state index >= 15 is 0 Å². The van der Waals surface area contributed by atoms with Gasteiger partial charge in [0, 0.05) is 18.5 Å². The second kappa shape index (κ2) is 9.66. The summed E-state index contributed by atoms with van der Waals surface area (Å²) in [5.74, 6) is 1.34. The van der Waals surface area contributed by atoms with Crippen molar-refractivity contribution in [3.63, 3.8) is 0 Å². The quantitative estimate of drug-likeness (QED) is 0.670. The smallest absolute Gasteiger partial charge is 0.257 e. The van der Waals surface area contributed by atoms with Gasteiger partial charge in [0.25, 0.3) is 5.91 Å². The summed E-state index contributed by atoms with van der Waals surface area (Å²) in [6.45, 7) is 8.20. The maximum absolute atomic E-state index is 13.1. The van der Waals surface area contributed by atoms with Gasteiger partial charge in [0.1, 0.15) is 5.56 Å². The third kappa shape index (κ3) is 4.61. The number of rotatable bonds is 8. The first-order valence-electron chi connectivity index (χ1n) is 11.5. The zero-order valence-corrected chi connectivity index (χ0v) is 17.8. The zero-order valence-electron chi connectivity index (χ0n) is 17.8. The molecule has 2 aliphatic rings. The molecular formula is C24H35N3O2. The Labute approximate surface area is 174 Å². The van der Waals surface area contributed by atoms with Crippen LogP contribution in [0.2, 0.25) is 0 Å². The number of benzene rings is 1. The second-order valence-corrected chi connectivity index (χ2v) is 8.61. The molecule has 5 heteroatoms. The molecule has 29 heavy (non-hydrogen) atoms. The molecule has 1 saturated heterocycles. The number of fused-ring (bicyclic) bond motifs is 3. The van der Waals surface area contributed by atoms with Crippen LogP contribution in [0, 0.1) is 5.92 Å². The Bertz CT molecular complexity index is 821. The highest BCUT2D eigenvalue weighted by Crippen LogP contribution is 2.34. The van der Waals surface area contributed by atoms with E-state index in [1.807, 2.05) is 18.2 Å². The molecule has 5 nitrogen and oxygen atoms in total. The summed E-state index contributed by atoms with van der Waals surface area (Å²) in [4.78, 5) is 15.7. The van der Waals surface area contributed by atoms with Crippen molar-refractivity contribution in [1.29, 1.82) is 0 Å². The molecule has 0 aliphatic carbocycles. The fraction of sp³-hybridized carbons (Fsp3) is 0.625. The van der Waals surface area contributed by atoms with Gasteiger partial charge in [-0.05, 0) is 57.3 Å². The lowest BCUT2D eigenvalue weighted by Gasteiger charge is -2.32. The zero-order chi connectivity index (χ0) is 20.1. The van der Waals surface area contributed by atoms with Crippen molar-refractivity contribution in [2.24, 2.45) is 5.92 Å². The van der Waals surface area contributed by atoms with Crippen LogP contribution >= 0.6 is 0 Å². The van der Waals surface area contributed by atoms with Crippen molar-refractivity contribution in [1.82, 2.24) is 14.8 Å². The van der Waals surface area contributed by atoms with E-state index in [0.717, 1.165) is 36.3 Å². The van der Waals surface area contributed by atoms with E-state index in [0.29, 0.717) is 18.1 Å². The normalized spacial score (nSPS) is 17.8. The van der Waals surface area contributed by atoms with Crippen molar-refractivity contribution in [2.75, 3.05) is 32.8 Å². The van der Waals surface area contributed by atoms with Gasteiger partial charge in [-0.3, -0.25) is 4.79 Å². The SMILES string of the molecule is CCCCCCN1CCC(CNC(=O)c2c3n(c4ccccc24)CCCO3)CC1. The number of nitrogens with zero attached hydrogens (tertiary/aromatic N) is 2. The molecule has 0 spiro atoms. The van der Waals surface area contributed by atoms with Gasteiger partial charge in [-0.25, -0.2) is 0 Å². The number of nitrogens with one attached hydrogen (secondary N) is 1. The van der Waals surface area contributed by atoms with Crippen LogP contribution in [-0.4, -0.2) is 48.2 Å². The fourth-order valence-corrected chi connectivity index (χ4v) is 4.76. The van der Waals surface area contributed by atoms with Crippen LogP contribution < -0.4 is 10.1 Å². The lowest BCUT2D eigenvalue weighted by molar-refractivity contribution is 0.0931. The maximum atomic E-state index is 13.1. The number of amides is 1. The maximum Gasteiger partial charge on any atom is 0.257 e. The number of ether oxygens (including phenoxy) is 1. The molecule has 1 aromatic carbocycles. The molecule has 0 radical (unpaired) electrons. The standard InChI is InChI=1S/C24H35N3O2/c1-2-3-4-7-13-26-15-11-19(12-16-26)18-25-23(28)22-20-9-5-6-10-21(20)27-14-8-17-29-24(22)27/h5-6,9-10,19H,2-4,7-8,11-18H2,1H3,(H,25,28). The topological polar surface area (TPSA) is 46.5 Å². The number of piperidine rings is 1. The molecule has 0 unspecified atom stereocenters. The number of hydrogen-bond donors (Lipinski definition) is 1. The summed E-state index contributed by atoms with van der Waals surface area (Å²) >= 11 is 0. The molecule has 0 atom stereocenters. The Morgan fingerprint density at radius 3 is 2.79 bits per heavy atom. The van der Waals surface area contributed by atoms with Gasteiger partial charge in [-0.15, -0.1) is 0 Å². The van der Waals surface area contributed by atoms with Crippen LogP contribution in [0.15, 0.2) is 24.3 Å². The highest BCUT2D eigenvalue weighted by Gasteiger charge is 2.26. The van der Waals surface area contributed by atoms with E-state index in [9.17, 15) is 4.79 Å². The Morgan fingerprint density at radius 2 is 1.97 bits per heavy atom. The average molecular weight is 398 g/mol. The average Bonchev–Trinajstić information content (AvgIpc) is 3.10. The third-order valence-corrected chi connectivity index (χ3v) is 6.50. The minimum absolute atomic E-state index is 0.0128. The molecule has 4 rings (SSSR count). The number of carbonyl (C=O) groups is 1. The number of carbonyl (C=O) groups excluding carboxylic acids is 1. The molecular weight excluding hydrogens is 362 g/mol. The Kier molecular flexibility index (Phi) is 6.75. The van der Waals surface area contributed by atoms with Crippen molar-refractivity contribution >= 4 is 16.8 Å². The summed E-state index contributed by atoms with van der Waals surface area (Å²) in [7, 11) is 0. The summed E-state index contributed by atoms with van der Waals surface area (Å²) in [6, 6.07) is 8.15. The third-order valence-electron chi connectivity index (χ3n) is 6.50. The first kappa shape index (κ1) is 20.3.